The largest absolute Gasteiger partial charge is 0.481 e. The Morgan fingerprint density at radius 1 is 0.319 bits per heavy atom. The van der Waals surface area contributed by atoms with E-state index in [2.05, 4.69) is 76.7 Å². The maximum atomic E-state index is 13.0. The smallest absolute Gasteiger partial charge is 0.317 e. The van der Waals surface area contributed by atoms with E-state index in [0.29, 0.717) is 189 Å². The summed E-state index contributed by atoms with van der Waals surface area (Å²) in [5.41, 5.74) is 3.17. The number of Topliss-reactive ketones (excluding diaryl/α,β-unsaturated/α-hetero) is 1. The van der Waals surface area contributed by atoms with Crippen LogP contribution in [0.15, 0.2) is 85.5 Å². The van der Waals surface area contributed by atoms with Crippen molar-refractivity contribution < 1.29 is 78.6 Å². The topological polar surface area (TPSA) is 502 Å². The van der Waals surface area contributed by atoms with Crippen molar-refractivity contribution in [3.05, 3.63) is 85.5 Å². The van der Waals surface area contributed by atoms with Gasteiger partial charge in [0.2, 0.25) is 41.0 Å². The predicted octanol–water partition coefficient (Wildman–Crippen LogP) is 5.11. The van der Waals surface area contributed by atoms with E-state index in [1.165, 1.54) is 6.20 Å². The summed E-state index contributed by atoms with van der Waals surface area (Å²) < 4.78 is 0. The molecule has 0 radical (unpaired) electrons. The first-order chi connectivity index (χ1) is 54.6. The standard InChI is InChI=1S/C40H57N11O8.C36H48N10O8/c52-34(44-31-13-14-33(43-26-31)40-47-45-39(46-48-40)32-11-8-10-17-41-32)12-7-5-3-1-2-4-6-9-18-42-35(53)27-49-19-15-30(25-36(54)55)16-20-50(28-37(56)57)22-24-51(23-21-49)29-38(58)59;47-28(23-44-15-12-26(21-32(49)50)13-16-45(24-33(51)52)18-20-46(19-17-44)25-34(53)54)7-3-1-2-4-9-31(48)39-27-10-11-30(38-22-27)36-42-40-35(41-43-36)29-8-5-6-14-37-29/h8,10-11,13-14,17,26,30H,1-7,9,12,15-16,18-25,27-29H2,(H,42,53)(H,44,52)(H,54,55)(H,56,57)(H,58,59);5-6,8,10-11,14,22,26H,1-4,7,9,12-13,15-21,23-25H2,(H,39,48)(H,49,50)(H,51,52)(H,53,54). The molecule has 113 heavy (non-hydrogen) atoms. The molecule has 9 N–H and O–H groups in total. The monoisotopic (exact) mass is 1570 g/mol. The van der Waals surface area contributed by atoms with Gasteiger partial charge >= 0.3 is 35.8 Å². The summed E-state index contributed by atoms with van der Waals surface area (Å²) in [4.78, 5) is 148. The highest BCUT2D eigenvalue weighted by molar-refractivity contribution is 5.91. The van der Waals surface area contributed by atoms with Crippen LogP contribution in [0, 0.1) is 11.8 Å². The zero-order valence-electron chi connectivity index (χ0n) is 63.8. The lowest BCUT2D eigenvalue weighted by Crippen LogP contribution is -2.46. The van der Waals surface area contributed by atoms with E-state index in [4.69, 9.17) is 0 Å². The third kappa shape index (κ3) is 36.9. The van der Waals surface area contributed by atoms with Crippen molar-refractivity contribution in [2.24, 2.45) is 11.8 Å². The molecule has 6 aromatic heterocycles. The zero-order valence-corrected chi connectivity index (χ0v) is 63.8. The number of hydrogen-bond acceptors (Lipinski definition) is 28. The Bertz CT molecular complexity index is 3860. The fourth-order valence-corrected chi connectivity index (χ4v) is 12.9. The van der Waals surface area contributed by atoms with Gasteiger partial charge < -0.3 is 46.6 Å². The van der Waals surface area contributed by atoms with E-state index < -0.39 is 35.8 Å². The Balaban J connectivity index is 0.000000314. The Morgan fingerprint density at radius 3 is 0.947 bits per heavy atom. The maximum absolute atomic E-state index is 13.0. The second-order valence-corrected chi connectivity index (χ2v) is 28.2. The number of carboxylic acids is 6. The number of aliphatic carboxylic acids is 6. The molecule has 37 heteroatoms. The Kier molecular flexibility index (Phi) is 39.7. The van der Waals surface area contributed by atoms with Crippen molar-refractivity contribution in [2.45, 2.75) is 135 Å². The Labute approximate surface area is 655 Å². The number of ketones is 1. The molecule has 2 aliphatic rings. The van der Waals surface area contributed by atoms with Gasteiger partial charge in [-0.05, 0) is 138 Å². The van der Waals surface area contributed by atoms with Gasteiger partial charge in [-0.1, -0.05) is 63.5 Å². The second kappa shape index (κ2) is 50.2. The molecule has 610 valence electrons. The molecular formula is C76H105N21O16. The van der Waals surface area contributed by atoms with E-state index in [0.717, 1.165) is 64.2 Å². The molecule has 0 saturated carbocycles. The zero-order chi connectivity index (χ0) is 81.0. The summed E-state index contributed by atoms with van der Waals surface area (Å²) in [6, 6.07) is 17.6. The molecule has 0 bridgehead atoms. The van der Waals surface area contributed by atoms with Gasteiger partial charge in [0.1, 0.15) is 28.6 Å². The second-order valence-electron chi connectivity index (χ2n) is 28.2. The number of amides is 3. The Morgan fingerprint density at radius 2 is 0.628 bits per heavy atom. The molecule has 2 atom stereocenters. The number of carbonyl (C=O) groups is 10. The quantitative estimate of drug-likeness (QED) is 0.0225. The molecule has 0 aliphatic carbocycles. The molecular weight excluding hydrogens is 1460 g/mol. The van der Waals surface area contributed by atoms with Gasteiger partial charge in [-0.15, -0.1) is 40.8 Å². The number of nitrogens with zero attached hydrogens (tertiary/aromatic N) is 18. The van der Waals surface area contributed by atoms with E-state index in [9.17, 15) is 78.6 Å². The van der Waals surface area contributed by atoms with Crippen molar-refractivity contribution >= 4 is 70.7 Å². The average Bonchev–Trinajstić information content (AvgIpc) is 0.842. The first-order valence-electron chi connectivity index (χ1n) is 38.5. The lowest BCUT2D eigenvalue weighted by molar-refractivity contribution is -0.140. The average molecular weight is 1570 g/mol. The van der Waals surface area contributed by atoms with Crippen LogP contribution in [-0.4, -0.2) is 304 Å². The van der Waals surface area contributed by atoms with Gasteiger partial charge in [0.15, 0.2) is 0 Å². The fourth-order valence-electron chi connectivity index (χ4n) is 12.9. The summed E-state index contributed by atoms with van der Waals surface area (Å²) in [7, 11) is 0. The van der Waals surface area contributed by atoms with E-state index in [1.807, 2.05) is 21.9 Å². The van der Waals surface area contributed by atoms with Crippen molar-refractivity contribution in [3.8, 4) is 46.1 Å². The van der Waals surface area contributed by atoms with Gasteiger partial charge in [0.25, 0.3) is 0 Å². The number of pyridine rings is 4. The number of hydrogen-bond donors (Lipinski definition) is 9. The first kappa shape index (κ1) is 89.3. The summed E-state index contributed by atoms with van der Waals surface area (Å²) in [5, 5.41) is 97.8. The van der Waals surface area contributed by atoms with Crippen LogP contribution in [0.4, 0.5) is 11.4 Å². The fraction of sp³-hybridized carbons (Fsp3) is 0.553. The van der Waals surface area contributed by atoms with Crippen LogP contribution in [-0.2, 0) is 47.9 Å². The van der Waals surface area contributed by atoms with Crippen molar-refractivity contribution in [2.75, 3.05) is 135 Å². The molecule has 2 aliphatic heterocycles. The number of anilines is 2. The minimum atomic E-state index is -0.999. The maximum Gasteiger partial charge on any atom is 0.317 e. The van der Waals surface area contributed by atoms with E-state index >= 15 is 0 Å². The molecule has 2 fully saturated rings. The molecule has 8 rings (SSSR count). The lowest BCUT2D eigenvalue weighted by Gasteiger charge is -2.31. The third-order valence-corrected chi connectivity index (χ3v) is 19.0. The summed E-state index contributed by atoms with van der Waals surface area (Å²) in [6.07, 6.45) is 20.0. The number of unbranched alkanes of at least 4 members (excludes halogenated alkanes) is 10. The van der Waals surface area contributed by atoms with Gasteiger partial charge in [-0.3, -0.25) is 97.3 Å². The molecule has 2 unspecified atom stereocenters. The minimum Gasteiger partial charge on any atom is -0.481 e. The number of aromatic nitrogens is 12. The molecule has 6 aromatic rings. The van der Waals surface area contributed by atoms with Crippen LogP contribution >= 0.6 is 0 Å². The van der Waals surface area contributed by atoms with Crippen LogP contribution in [0.2, 0.25) is 0 Å². The first-order valence-corrected chi connectivity index (χ1v) is 38.5. The highest BCUT2D eigenvalue weighted by Crippen LogP contribution is 2.22. The van der Waals surface area contributed by atoms with Crippen molar-refractivity contribution in [1.82, 2.24) is 95.4 Å². The van der Waals surface area contributed by atoms with Gasteiger partial charge in [0.05, 0.1) is 63.0 Å². The summed E-state index contributed by atoms with van der Waals surface area (Å²) in [5.74, 6) is -5.38. The van der Waals surface area contributed by atoms with Gasteiger partial charge in [0, 0.05) is 103 Å². The van der Waals surface area contributed by atoms with Crippen molar-refractivity contribution in [3.63, 3.8) is 0 Å². The number of carboxylic acid groups (broad SMARTS) is 6. The predicted molar refractivity (Wildman–Crippen MR) is 412 cm³/mol. The van der Waals surface area contributed by atoms with E-state index in [-0.39, 0.29) is 99.1 Å². The lowest BCUT2D eigenvalue weighted by atomic mass is 9.96. The highest BCUT2D eigenvalue weighted by Gasteiger charge is 2.26. The van der Waals surface area contributed by atoms with Crippen LogP contribution in [0.3, 0.4) is 0 Å². The van der Waals surface area contributed by atoms with Crippen molar-refractivity contribution in [1.29, 1.82) is 0 Å². The van der Waals surface area contributed by atoms with Crippen LogP contribution in [0.5, 0.6) is 0 Å². The molecule has 3 amide bonds. The van der Waals surface area contributed by atoms with Crippen LogP contribution in [0.1, 0.15) is 135 Å². The van der Waals surface area contributed by atoms with Crippen LogP contribution < -0.4 is 16.0 Å². The van der Waals surface area contributed by atoms with Crippen LogP contribution in [0.25, 0.3) is 46.1 Å². The Hall–Kier alpha value is -10.9. The van der Waals surface area contributed by atoms with Gasteiger partial charge in [-0.2, -0.15) is 0 Å². The SMILES string of the molecule is O=C(O)CC1CCN(CC(=O)O)CCN(CC(=O)O)CCN(CC(=O)CCCCCCC(=O)Nc2ccc(-c3nnc(-c4ccccn4)nn3)nc2)CC1.O=C(O)CC1CCN(CC(=O)O)CCN(CC(=O)O)CCN(CC(=O)NCCCCCCCCCCC(=O)Nc2ccc(-c3nnc(-c4ccccn4)nn3)nc2)CC1. The normalized spacial score (nSPS) is 16.2. The molecule has 8 heterocycles. The number of carbonyl (C=O) groups excluding carboxylic acids is 4. The third-order valence-electron chi connectivity index (χ3n) is 19.0. The summed E-state index contributed by atoms with van der Waals surface area (Å²) >= 11 is 0. The molecule has 37 nitrogen and oxygen atoms in total. The minimum absolute atomic E-state index is 0.0441. The molecule has 0 spiro atoms. The summed E-state index contributed by atoms with van der Waals surface area (Å²) in [6.45, 7) is 4.69. The number of rotatable bonds is 40. The van der Waals surface area contributed by atoms with E-state index in [1.54, 1.807) is 86.7 Å². The van der Waals surface area contributed by atoms with Gasteiger partial charge in [-0.25, -0.2) is 0 Å². The highest BCUT2D eigenvalue weighted by atomic mass is 16.4. The molecule has 2 saturated heterocycles. The molecule has 0 aromatic carbocycles. The number of nitrogens with one attached hydrogen (secondary N) is 3.